The van der Waals surface area contributed by atoms with Crippen molar-refractivity contribution in [2.45, 2.75) is 25.3 Å². The van der Waals surface area contributed by atoms with Crippen LogP contribution < -0.4 is 10.6 Å². The van der Waals surface area contributed by atoms with Crippen molar-refractivity contribution in [3.8, 4) is 0 Å². The van der Waals surface area contributed by atoms with Crippen LogP contribution in [0.15, 0.2) is 24.3 Å². The Labute approximate surface area is 122 Å². The maximum atomic E-state index is 12.5. The molecule has 1 fully saturated rings. The lowest BCUT2D eigenvalue weighted by Crippen LogP contribution is -2.44. The molecule has 0 radical (unpaired) electrons. The van der Waals surface area contributed by atoms with Crippen molar-refractivity contribution in [3.05, 3.63) is 29.3 Å². The average molecular weight is 297 g/mol. The van der Waals surface area contributed by atoms with Gasteiger partial charge in [-0.1, -0.05) is 18.0 Å². The maximum absolute atomic E-state index is 12.5. The molecule has 0 saturated heterocycles. The number of rotatable bonds is 4. The molecule has 0 aromatic heterocycles. The molecule has 1 aromatic carbocycles. The fraction of sp³-hybridized carbons (Fsp3) is 0.429. The van der Waals surface area contributed by atoms with Crippen molar-refractivity contribution in [2.24, 2.45) is 11.7 Å². The van der Waals surface area contributed by atoms with E-state index in [0.29, 0.717) is 17.1 Å². The molecule has 20 heavy (non-hydrogen) atoms. The molecule has 1 aliphatic carbocycles. The first-order valence-electron chi connectivity index (χ1n) is 6.53. The van der Waals surface area contributed by atoms with E-state index in [0.717, 1.165) is 12.8 Å². The lowest BCUT2D eigenvalue weighted by molar-refractivity contribution is -0.137. The molecular formula is C14H17ClN2O3. The van der Waals surface area contributed by atoms with E-state index in [9.17, 15) is 9.59 Å². The molecule has 2 rings (SSSR count). The monoisotopic (exact) mass is 296 g/mol. The third-order valence-electron chi connectivity index (χ3n) is 3.58. The third-order valence-corrected chi connectivity index (χ3v) is 3.84. The highest BCUT2D eigenvalue weighted by atomic mass is 35.5. The van der Waals surface area contributed by atoms with Crippen LogP contribution in [0.3, 0.4) is 0 Å². The molecule has 5 nitrogen and oxygen atoms in total. The Kier molecular flexibility index (Phi) is 4.62. The van der Waals surface area contributed by atoms with E-state index in [1.54, 1.807) is 24.3 Å². The number of aliphatic carboxylic acids is 1. The molecule has 0 spiro atoms. The summed E-state index contributed by atoms with van der Waals surface area (Å²) in [6, 6.07) is 6.36. The van der Waals surface area contributed by atoms with E-state index in [2.05, 4.69) is 0 Å². The first-order valence-corrected chi connectivity index (χ1v) is 6.91. The predicted molar refractivity (Wildman–Crippen MR) is 76.8 cm³/mol. The van der Waals surface area contributed by atoms with Gasteiger partial charge in [0, 0.05) is 16.8 Å². The van der Waals surface area contributed by atoms with Gasteiger partial charge in [0.05, 0.1) is 5.92 Å². The van der Waals surface area contributed by atoms with Crippen LogP contribution in [0.5, 0.6) is 0 Å². The minimum Gasteiger partial charge on any atom is -0.480 e. The van der Waals surface area contributed by atoms with Crippen LogP contribution in [0.25, 0.3) is 0 Å². The molecule has 108 valence electrons. The molecule has 3 N–H and O–H groups in total. The second-order valence-electron chi connectivity index (χ2n) is 5.00. The molecule has 0 bridgehead atoms. The zero-order chi connectivity index (χ0) is 14.7. The Hall–Kier alpha value is -1.59. The smallest absolute Gasteiger partial charge is 0.323 e. The number of carbonyl (C=O) groups is 2. The van der Waals surface area contributed by atoms with Gasteiger partial charge in [-0.05, 0) is 37.1 Å². The fourth-order valence-electron chi connectivity index (χ4n) is 2.55. The van der Waals surface area contributed by atoms with Gasteiger partial charge in [0.15, 0.2) is 0 Å². The van der Waals surface area contributed by atoms with Crippen molar-refractivity contribution < 1.29 is 14.7 Å². The Balaban J connectivity index is 2.24. The Bertz CT molecular complexity index is 504. The predicted octanol–water partition coefficient (Wildman–Crippen LogP) is 1.88. The van der Waals surface area contributed by atoms with E-state index >= 15 is 0 Å². The van der Waals surface area contributed by atoms with Gasteiger partial charge in [-0.3, -0.25) is 9.59 Å². The van der Waals surface area contributed by atoms with Gasteiger partial charge in [-0.15, -0.1) is 0 Å². The zero-order valence-corrected chi connectivity index (χ0v) is 11.7. The minimum absolute atomic E-state index is 0.189. The van der Waals surface area contributed by atoms with Crippen LogP contribution in [0.2, 0.25) is 5.02 Å². The number of anilines is 1. The van der Waals surface area contributed by atoms with Crippen molar-refractivity contribution in [1.82, 2.24) is 0 Å². The number of carbonyl (C=O) groups excluding carboxylic acids is 1. The number of hydrogen-bond acceptors (Lipinski definition) is 3. The lowest BCUT2D eigenvalue weighted by atomic mass is 10.0. The number of benzene rings is 1. The zero-order valence-electron chi connectivity index (χ0n) is 11.0. The van der Waals surface area contributed by atoms with Crippen molar-refractivity contribution in [2.75, 3.05) is 11.4 Å². The second-order valence-corrected chi connectivity index (χ2v) is 5.43. The van der Waals surface area contributed by atoms with E-state index in [4.69, 9.17) is 22.4 Å². The van der Waals surface area contributed by atoms with Gasteiger partial charge in [0.2, 0.25) is 5.91 Å². The Morgan fingerprint density at radius 3 is 2.45 bits per heavy atom. The summed E-state index contributed by atoms with van der Waals surface area (Å²) in [6.07, 6.45) is 2.42. The van der Waals surface area contributed by atoms with Gasteiger partial charge in [-0.25, -0.2) is 0 Å². The van der Waals surface area contributed by atoms with Crippen LogP contribution in [0, 0.1) is 5.92 Å². The summed E-state index contributed by atoms with van der Waals surface area (Å²) in [6.45, 7) is -0.371. The number of amides is 1. The van der Waals surface area contributed by atoms with Gasteiger partial charge >= 0.3 is 5.97 Å². The number of hydrogen-bond donors (Lipinski definition) is 2. The standard InChI is InChI=1S/C14H17ClN2O3/c15-9-4-6-10(7-5-9)17(8-13(18)19)14(20)11-2-1-3-12(11)16/h4-7,11-12H,1-3,8,16H2,(H,18,19). The van der Waals surface area contributed by atoms with Crippen LogP contribution in [0.1, 0.15) is 19.3 Å². The maximum Gasteiger partial charge on any atom is 0.323 e. The highest BCUT2D eigenvalue weighted by Gasteiger charge is 2.34. The summed E-state index contributed by atoms with van der Waals surface area (Å²) in [7, 11) is 0. The Morgan fingerprint density at radius 1 is 1.30 bits per heavy atom. The van der Waals surface area contributed by atoms with Gasteiger partial charge in [0.25, 0.3) is 0 Å². The molecule has 2 atom stereocenters. The van der Waals surface area contributed by atoms with Crippen molar-refractivity contribution in [3.63, 3.8) is 0 Å². The van der Waals surface area contributed by atoms with Gasteiger partial charge < -0.3 is 15.7 Å². The molecule has 1 amide bonds. The molecule has 6 heteroatoms. The summed E-state index contributed by atoms with van der Waals surface area (Å²) in [5.74, 6) is -1.58. The summed E-state index contributed by atoms with van der Waals surface area (Å²) < 4.78 is 0. The summed E-state index contributed by atoms with van der Waals surface area (Å²) >= 11 is 5.81. The van der Waals surface area contributed by atoms with Crippen LogP contribution >= 0.6 is 11.6 Å². The van der Waals surface area contributed by atoms with Crippen LogP contribution in [-0.4, -0.2) is 29.6 Å². The number of carboxylic acids is 1. The van der Waals surface area contributed by atoms with Crippen LogP contribution in [0.4, 0.5) is 5.69 Å². The Morgan fingerprint density at radius 2 is 1.95 bits per heavy atom. The SMILES string of the molecule is NC1CCCC1C(=O)N(CC(=O)O)c1ccc(Cl)cc1. The molecule has 0 aliphatic heterocycles. The largest absolute Gasteiger partial charge is 0.480 e. The normalized spacial score (nSPS) is 21.7. The minimum atomic E-state index is -1.06. The van der Waals surface area contributed by atoms with E-state index in [1.165, 1.54) is 4.90 Å². The van der Waals surface area contributed by atoms with E-state index < -0.39 is 5.97 Å². The topological polar surface area (TPSA) is 83.6 Å². The molecular weight excluding hydrogens is 280 g/mol. The second kappa shape index (κ2) is 6.24. The molecule has 2 unspecified atom stereocenters. The first-order chi connectivity index (χ1) is 9.49. The van der Waals surface area contributed by atoms with E-state index in [-0.39, 0.29) is 24.4 Å². The molecule has 1 saturated carbocycles. The lowest BCUT2D eigenvalue weighted by Gasteiger charge is -2.26. The number of halogens is 1. The third kappa shape index (κ3) is 3.29. The average Bonchev–Trinajstić information content (AvgIpc) is 2.82. The molecule has 1 aromatic rings. The summed E-state index contributed by atoms with van der Waals surface area (Å²) in [4.78, 5) is 24.8. The summed E-state index contributed by atoms with van der Waals surface area (Å²) in [5.41, 5.74) is 6.46. The fourth-order valence-corrected chi connectivity index (χ4v) is 2.67. The van der Waals surface area contributed by atoms with Gasteiger partial charge in [-0.2, -0.15) is 0 Å². The number of carboxylic acid groups (broad SMARTS) is 1. The molecule has 0 heterocycles. The summed E-state index contributed by atoms with van der Waals surface area (Å²) in [5, 5.41) is 9.54. The molecule has 1 aliphatic rings. The van der Waals surface area contributed by atoms with Crippen molar-refractivity contribution in [1.29, 1.82) is 0 Å². The quantitative estimate of drug-likeness (QED) is 0.888. The van der Waals surface area contributed by atoms with Gasteiger partial charge in [0.1, 0.15) is 6.54 Å². The number of nitrogens with zero attached hydrogens (tertiary/aromatic N) is 1. The van der Waals surface area contributed by atoms with Crippen LogP contribution in [-0.2, 0) is 9.59 Å². The highest BCUT2D eigenvalue weighted by Crippen LogP contribution is 2.28. The van der Waals surface area contributed by atoms with Crippen molar-refractivity contribution >= 4 is 29.2 Å². The number of nitrogens with two attached hydrogens (primary N) is 1. The first kappa shape index (κ1) is 14.8. The van der Waals surface area contributed by atoms with E-state index in [1.807, 2.05) is 0 Å². The highest BCUT2D eigenvalue weighted by molar-refractivity contribution is 6.30.